The van der Waals surface area contributed by atoms with E-state index in [9.17, 15) is 14.4 Å². The minimum Gasteiger partial charge on any atom is -0.489 e. The van der Waals surface area contributed by atoms with E-state index in [-0.39, 0.29) is 18.5 Å². The summed E-state index contributed by atoms with van der Waals surface area (Å²) in [7, 11) is 0. The largest absolute Gasteiger partial charge is 0.489 e. The number of hydrogen-bond acceptors (Lipinski definition) is 7. The highest BCUT2D eigenvalue weighted by molar-refractivity contribution is 5.98. The number of amides is 2. The molecular weight excluding hydrogens is 474 g/mol. The molecule has 0 bridgehead atoms. The molecule has 2 amide bonds. The summed E-state index contributed by atoms with van der Waals surface area (Å²) in [5.41, 5.74) is 2.20. The zero-order valence-corrected chi connectivity index (χ0v) is 21.0. The van der Waals surface area contributed by atoms with Crippen LogP contribution in [0.4, 0.5) is 10.5 Å². The zero-order chi connectivity index (χ0) is 25.8. The van der Waals surface area contributed by atoms with Gasteiger partial charge < -0.3 is 23.7 Å². The van der Waals surface area contributed by atoms with Gasteiger partial charge in [0.05, 0.1) is 13.2 Å². The second kappa shape index (κ2) is 11.0. The first-order chi connectivity index (χ1) is 18.0. The summed E-state index contributed by atoms with van der Waals surface area (Å²) in [6.45, 7) is 5.33. The van der Waals surface area contributed by atoms with E-state index >= 15 is 0 Å². The van der Waals surface area contributed by atoms with Gasteiger partial charge in [-0.1, -0.05) is 30.3 Å². The van der Waals surface area contributed by atoms with E-state index in [1.807, 2.05) is 41.3 Å². The fraction of sp³-hybridized carbons (Fsp3) is 0.393. The van der Waals surface area contributed by atoms with E-state index < -0.39 is 5.63 Å². The first kappa shape index (κ1) is 24.8. The maximum Gasteiger partial charge on any atom is 0.409 e. The molecule has 3 heterocycles. The van der Waals surface area contributed by atoms with Crippen molar-refractivity contribution in [2.24, 2.45) is 0 Å². The van der Waals surface area contributed by atoms with E-state index in [0.29, 0.717) is 69.4 Å². The first-order valence-corrected chi connectivity index (χ1v) is 12.7. The number of carbonyl (C=O) groups excluding carboxylic acids is 2. The maximum atomic E-state index is 13.3. The third-order valence-corrected chi connectivity index (χ3v) is 6.84. The van der Waals surface area contributed by atoms with Gasteiger partial charge in [0.25, 0.3) is 0 Å². The summed E-state index contributed by atoms with van der Waals surface area (Å²) in [5.74, 6) is 0.531. The van der Waals surface area contributed by atoms with Crippen LogP contribution in [0.2, 0.25) is 0 Å². The molecule has 0 aliphatic carbocycles. The van der Waals surface area contributed by atoms with Gasteiger partial charge in [-0.2, -0.15) is 0 Å². The molecule has 0 saturated carbocycles. The lowest BCUT2D eigenvalue weighted by molar-refractivity contribution is -0.120. The van der Waals surface area contributed by atoms with Gasteiger partial charge in [-0.15, -0.1) is 0 Å². The molecule has 1 aromatic heterocycles. The van der Waals surface area contributed by atoms with Gasteiger partial charge in [-0.05, 0) is 49.1 Å². The minimum atomic E-state index is -0.499. The highest BCUT2D eigenvalue weighted by Crippen LogP contribution is 2.33. The number of piperazine rings is 1. The van der Waals surface area contributed by atoms with Crippen molar-refractivity contribution >= 4 is 28.7 Å². The van der Waals surface area contributed by atoms with Crippen LogP contribution in [-0.2, 0) is 22.6 Å². The molecule has 0 atom stereocenters. The molecule has 5 rings (SSSR count). The molecule has 0 radical (unpaired) electrons. The Labute approximate surface area is 215 Å². The molecule has 0 N–H and O–H groups in total. The second-order valence-electron chi connectivity index (χ2n) is 9.26. The predicted molar refractivity (Wildman–Crippen MR) is 139 cm³/mol. The van der Waals surface area contributed by atoms with Gasteiger partial charge in [0.1, 0.15) is 23.6 Å². The molecular formula is C28H31N3O6. The molecule has 194 valence electrons. The molecule has 2 aliphatic heterocycles. The fourth-order valence-corrected chi connectivity index (χ4v) is 4.94. The summed E-state index contributed by atoms with van der Waals surface area (Å²) >= 11 is 0. The van der Waals surface area contributed by atoms with Crippen molar-refractivity contribution in [3.63, 3.8) is 0 Å². The Morgan fingerprint density at radius 3 is 2.54 bits per heavy atom. The smallest absolute Gasteiger partial charge is 0.409 e. The molecule has 9 nitrogen and oxygen atoms in total. The van der Waals surface area contributed by atoms with E-state index in [1.165, 1.54) is 0 Å². The number of ether oxygens (including phenoxy) is 2. The lowest BCUT2D eigenvalue weighted by atomic mass is 9.98. The molecule has 0 unspecified atom stereocenters. The van der Waals surface area contributed by atoms with Gasteiger partial charge >= 0.3 is 11.7 Å². The van der Waals surface area contributed by atoms with Crippen LogP contribution in [0.25, 0.3) is 11.0 Å². The quantitative estimate of drug-likeness (QED) is 0.474. The molecule has 37 heavy (non-hydrogen) atoms. The summed E-state index contributed by atoms with van der Waals surface area (Å²) in [5, 5.41) is 0.792. The van der Waals surface area contributed by atoms with Crippen LogP contribution in [0, 0.1) is 0 Å². The number of fused-ring (bicyclic) bond motifs is 3. The Morgan fingerprint density at radius 1 is 1.00 bits per heavy atom. The Morgan fingerprint density at radius 2 is 1.78 bits per heavy atom. The topological polar surface area (TPSA) is 92.5 Å². The Balaban J connectivity index is 1.32. The third kappa shape index (κ3) is 5.46. The standard InChI is InChI=1S/C28H31N3O6/c1-2-35-28(34)30-15-13-29(14-16-30)18-25(32)31-12-6-9-22-23-17-21(36-19-20-7-4-3-5-8-20)10-11-24(23)37-27(33)26(22)31/h3-5,7-8,10-11,17H,2,6,9,12-16,18-19H2,1H3. The maximum absolute atomic E-state index is 13.3. The normalized spacial score (nSPS) is 15.9. The highest BCUT2D eigenvalue weighted by Gasteiger charge is 2.31. The molecule has 2 aromatic carbocycles. The Kier molecular flexibility index (Phi) is 7.41. The minimum absolute atomic E-state index is 0.145. The van der Waals surface area contributed by atoms with Crippen molar-refractivity contribution in [1.29, 1.82) is 0 Å². The summed E-state index contributed by atoms with van der Waals surface area (Å²) < 4.78 is 16.7. The number of nitrogens with zero attached hydrogens (tertiary/aromatic N) is 3. The zero-order valence-electron chi connectivity index (χ0n) is 21.0. The van der Waals surface area contributed by atoms with Crippen LogP contribution in [0.15, 0.2) is 57.7 Å². The highest BCUT2D eigenvalue weighted by atomic mass is 16.6. The third-order valence-electron chi connectivity index (χ3n) is 6.84. The van der Waals surface area contributed by atoms with Gasteiger partial charge in [0, 0.05) is 38.1 Å². The second-order valence-corrected chi connectivity index (χ2v) is 9.26. The average molecular weight is 506 g/mol. The van der Waals surface area contributed by atoms with Crippen molar-refractivity contribution in [2.45, 2.75) is 26.4 Å². The van der Waals surface area contributed by atoms with Crippen molar-refractivity contribution in [3.05, 3.63) is 70.1 Å². The Hall–Kier alpha value is -3.85. The summed E-state index contributed by atoms with van der Waals surface area (Å²) in [4.78, 5) is 43.5. The number of aryl methyl sites for hydroxylation is 1. The van der Waals surface area contributed by atoms with E-state index in [0.717, 1.165) is 22.9 Å². The van der Waals surface area contributed by atoms with Crippen LogP contribution in [-0.4, -0.2) is 67.7 Å². The van der Waals surface area contributed by atoms with Gasteiger partial charge in [-0.3, -0.25) is 9.69 Å². The lowest BCUT2D eigenvalue weighted by Crippen LogP contribution is -2.52. The fourth-order valence-electron chi connectivity index (χ4n) is 4.94. The Bertz CT molecular complexity index is 1330. The van der Waals surface area contributed by atoms with Gasteiger partial charge in [0.15, 0.2) is 0 Å². The number of benzene rings is 2. The number of hydrogen-bond donors (Lipinski definition) is 0. The van der Waals surface area contributed by atoms with E-state index in [2.05, 4.69) is 0 Å². The SMILES string of the molecule is CCOC(=O)N1CCN(CC(=O)N2CCCc3c2c(=O)oc2ccc(OCc4ccccc4)cc32)CC1. The van der Waals surface area contributed by atoms with Crippen LogP contribution in [0.1, 0.15) is 24.5 Å². The van der Waals surface area contributed by atoms with Crippen molar-refractivity contribution < 1.29 is 23.5 Å². The van der Waals surface area contributed by atoms with E-state index in [1.54, 1.807) is 28.9 Å². The number of carbonyl (C=O) groups is 2. The number of anilines is 1. The van der Waals surface area contributed by atoms with Gasteiger partial charge in [-0.25, -0.2) is 9.59 Å². The van der Waals surface area contributed by atoms with Crippen molar-refractivity contribution in [1.82, 2.24) is 9.80 Å². The average Bonchev–Trinajstić information content (AvgIpc) is 2.93. The molecule has 3 aromatic rings. The van der Waals surface area contributed by atoms with Crippen molar-refractivity contribution in [3.8, 4) is 5.75 Å². The van der Waals surface area contributed by atoms with Crippen LogP contribution >= 0.6 is 0 Å². The van der Waals surface area contributed by atoms with Crippen LogP contribution < -0.4 is 15.3 Å². The van der Waals surface area contributed by atoms with Crippen LogP contribution in [0.3, 0.4) is 0 Å². The van der Waals surface area contributed by atoms with Crippen LogP contribution in [0.5, 0.6) is 5.75 Å². The number of rotatable bonds is 6. The summed E-state index contributed by atoms with van der Waals surface area (Å²) in [6.07, 6.45) is 1.11. The predicted octanol–water partition coefficient (Wildman–Crippen LogP) is 3.43. The summed E-state index contributed by atoms with van der Waals surface area (Å²) in [6, 6.07) is 15.3. The van der Waals surface area contributed by atoms with E-state index in [4.69, 9.17) is 13.9 Å². The molecule has 9 heteroatoms. The first-order valence-electron chi connectivity index (χ1n) is 12.7. The molecule has 2 aliphatic rings. The van der Waals surface area contributed by atoms with Crippen molar-refractivity contribution in [2.75, 3.05) is 50.8 Å². The monoisotopic (exact) mass is 505 g/mol. The molecule has 1 saturated heterocycles. The molecule has 0 spiro atoms. The lowest BCUT2D eigenvalue weighted by Gasteiger charge is -2.35. The van der Waals surface area contributed by atoms with Gasteiger partial charge in [0.2, 0.25) is 5.91 Å². The molecule has 1 fully saturated rings.